The quantitative estimate of drug-likeness (QED) is 0.670. The minimum absolute atomic E-state index is 0.0368. The van der Waals surface area contributed by atoms with Gasteiger partial charge in [-0.25, -0.2) is 0 Å². The zero-order valence-electron chi connectivity index (χ0n) is 11.2. The van der Waals surface area contributed by atoms with Crippen molar-refractivity contribution in [2.24, 2.45) is 5.73 Å². The summed E-state index contributed by atoms with van der Waals surface area (Å²) in [4.78, 5) is 10.5. The van der Waals surface area contributed by atoms with E-state index in [1.807, 2.05) is 30.3 Å². The predicted octanol–water partition coefficient (Wildman–Crippen LogP) is 2.98. The van der Waals surface area contributed by atoms with E-state index in [2.05, 4.69) is 0 Å². The summed E-state index contributed by atoms with van der Waals surface area (Å²) in [5.41, 5.74) is 7.72. The van der Waals surface area contributed by atoms with Gasteiger partial charge in [0.05, 0.1) is 11.0 Å². The minimum Gasteiger partial charge on any atom is -0.485 e. The Bertz CT molecular complexity index is 599. The third kappa shape index (κ3) is 3.33. The number of nitro groups is 1. The van der Waals surface area contributed by atoms with E-state index in [4.69, 9.17) is 10.5 Å². The van der Waals surface area contributed by atoms with Crippen molar-refractivity contribution in [1.29, 1.82) is 0 Å². The molecule has 2 aromatic rings. The molecule has 0 aliphatic heterocycles. The highest BCUT2D eigenvalue weighted by atomic mass is 16.6. The van der Waals surface area contributed by atoms with Crippen LogP contribution < -0.4 is 10.5 Å². The second kappa shape index (κ2) is 6.16. The van der Waals surface area contributed by atoms with Crippen LogP contribution in [0.25, 0.3) is 0 Å². The molecule has 0 amide bonds. The first kappa shape index (κ1) is 14.0. The smallest absolute Gasteiger partial charge is 0.311 e. The Labute approximate surface area is 117 Å². The molecule has 0 heterocycles. The topological polar surface area (TPSA) is 78.4 Å². The number of benzene rings is 2. The molecule has 20 heavy (non-hydrogen) atoms. The highest BCUT2D eigenvalue weighted by Crippen LogP contribution is 2.28. The summed E-state index contributed by atoms with van der Waals surface area (Å²) in [5, 5.41) is 11.0. The van der Waals surface area contributed by atoms with Gasteiger partial charge in [0.15, 0.2) is 5.75 Å². The molecule has 0 fully saturated rings. The predicted molar refractivity (Wildman–Crippen MR) is 76.7 cm³/mol. The largest absolute Gasteiger partial charge is 0.485 e. The number of aryl methyl sites for hydroxylation is 1. The van der Waals surface area contributed by atoms with Crippen LogP contribution in [0.5, 0.6) is 5.75 Å². The Morgan fingerprint density at radius 3 is 2.60 bits per heavy atom. The summed E-state index contributed by atoms with van der Waals surface area (Å²) in [7, 11) is 0. The molecule has 1 unspecified atom stereocenters. The highest BCUT2D eigenvalue weighted by Gasteiger charge is 2.16. The first-order valence-electron chi connectivity index (χ1n) is 6.26. The van der Waals surface area contributed by atoms with Crippen molar-refractivity contribution in [1.82, 2.24) is 0 Å². The van der Waals surface area contributed by atoms with Crippen LogP contribution in [0.3, 0.4) is 0 Å². The van der Waals surface area contributed by atoms with Gasteiger partial charge in [0.25, 0.3) is 0 Å². The van der Waals surface area contributed by atoms with Crippen molar-refractivity contribution in [3.05, 3.63) is 69.8 Å². The van der Waals surface area contributed by atoms with Gasteiger partial charge in [0.1, 0.15) is 6.61 Å². The summed E-state index contributed by atoms with van der Waals surface area (Å²) in [6.07, 6.45) is 0. The second-order valence-electron chi connectivity index (χ2n) is 4.56. The average molecular weight is 272 g/mol. The summed E-state index contributed by atoms with van der Waals surface area (Å²) >= 11 is 0. The molecule has 0 aliphatic rings. The number of hydrogen-bond donors (Lipinski definition) is 1. The van der Waals surface area contributed by atoms with Crippen LogP contribution >= 0.6 is 0 Å². The maximum atomic E-state index is 11.0. The molecule has 0 spiro atoms. The van der Waals surface area contributed by atoms with Gasteiger partial charge in [-0.15, -0.1) is 0 Å². The average Bonchev–Trinajstić information content (AvgIpc) is 2.46. The van der Waals surface area contributed by atoms with E-state index < -0.39 is 4.92 Å². The second-order valence-corrected chi connectivity index (χ2v) is 4.56. The minimum atomic E-state index is -0.448. The van der Waals surface area contributed by atoms with Crippen molar-refractivity contribution >= 4 is 5.69 Å². The van der Waals surface area contributed by atoms with E-state index in [1.165, 1.54) is 6.07 Å². The third-order valence-electron chi connectivity index (χ3n) is 2.96. The van der Waals surface area contributed by atoms with Crippen LogP contribution in [0, 0.1) is 17.0 Å². The molecule has 0 saturated heterocycles. The van der Waals surface area contributed by atoms with E-state index in [-0.39, 0.29) is 24.1 Å². The number of hydrogen-bond acceptors (Lipinski definition) is 4. The van der Waals surface area contributed by atoms with Crippen LogP contribution in [0.4, 0.5) is 5.69 Å². The van der Waals surface area contributed by atoms with Crippen LogP contribution in [-0.4, -0.2) is 11.5 Å². The van der Waals surface area contributed by atoms with Gasteiger partial charge in [-0.05, 0) is 24.1 Å². The molecule has 5 nitrogen and oxygen atoms in total. The van der Waals surface area contributed by atoms with Crippen LogP contribution in [0.15, 0.2) is 48.5 Å². The molecule has 2 aromatic carbocycles. The Balaban J connectivity index is 2.09. The molecule has 0 aliphatic carbocycles. The van der Waals surface area contributed by atoms with E-state index in [0.717, 1.165) is 11.1 Å². The molecule has 5 heteroatoms. The van der Waals surface area contributed by atoms with Crippen molar-refractivity contribution in [3.8, 4) is 5.75 Å². The Morgan fingerprint density at radius 1 is 1.25 bits per heavy atom. The molecule has 0 bridgehead atoms. The van der Waals surface area contributed by atoms with Crippen molar-refractivity contribution < 1.29 is 9.66 Å². The molecule has 104 valence electrons. The zero-order valence-corrected chi connectivity index (χ0v) is 11.2. The highest BCUT2D eigenvalue weighted by molar-refractivity contribution is 5.48. The molecule has 2 N–H and O–H groups in total. The van der Waals surface area contributed by atoms with Gasteiger partial charge in [-0.1, -0.05) is 36.4 Å². The lowest BCUT2D eigenvalue weighted by Gasteiger charge is -2.13. The SMILES string of the molecule is Cc1ccc(OCC(N)c2ccccc2)c([N+](=O)[O-])c1. The fraction of sp³-hybridized carbons (Fsp3) is 0.200. The number of nitro benzene ring substituents is 1. The van der Waals surface area contributed by atoms with Gasteiger partial charge in [0, 0.05) is 6.07 Å². The zero-order chi connectivity index (χ0) is 14.5. The molecule has 0 radical (unpaired) electrons. The molecule has 0 saturated carbocycles. The molecule has 2 rings (SSSR count). The van der Waals surface area contributed by atoms with Gasteiger partial charge in [-0.3, -0.25) is 10.1 Å². The van der Waals surface area contributed by atoms with Gasteiger partial charge in [-0.2, -0.15) is 0 Å². The van der Waals surface area contributed by atoms with Crippen LogP contribution in [0.2, 0.25) is 0 Å². The maximum Gasteiger partial charge on any atom is 0.311 e. The maximum absolute atomic E-state index is 11.0. The molecule has 0 aromatic heterocycles. The molecular weight excluding hydrogens is 256 g/mol. The summed E-state index contributed by atoms with van der Waals surface area (Å²) < 4.78 is 5.50. The van der Waals surface area contributed by atoms with Crippen LogP contribution in [0.1, 0.15) is 17.2 Å². The Kier molecular flexibility index (Phi) is 4.32. The standard InChI is InChI=1S/C15H16N2O3/c1-11-7-8-15(14(9-11)17(18)19)20-10-13(16)12-5-3-2-4-6-12/h2-9,13H,10,16H2,1H3. The van der Waals surface area contributed by atoms with Crippen molar-refractivity contribution in [2.45, 2.75) is 13.0 Å². The Hall–Kier alpha value is -2.40. The summed E-state index contributed by atoms with van der Waals surface area (Å²) in [6.45, 7) is 1.99. The lowest BCUT2D eigenvalue weighted by molar-refractivity contribution is -0.385. The number of rotatable bonds is 5. The number of ether oxygens (including phenoxy) is 1. The van der Waals surface area contributed by atoms with Crippen molar-refractivity contribution in [2.75, 3.05) is 6.61 Å². The molecule has 1 atom stereocenters. The van der Waals surface area contributed by atoms with Crippen LogP contribution in [-0.2, 0) is 0 Å². The Morgan fingerprint density at radius 2 is 1.95 bits per heavy atom. The summed E-state index contributed by atoms with van der Waals surface area (Å²) in [6, 6.07) is 14.0. The number of nitrogens with two attached hydrogens (primary N) is 1. The monoisotopic (exact) mass is 272 g/mol. The molecular formula is C15H16N2O3. The van der Waals surface area contributed by atoms with Crippen molar-refractivity contribution in [3.63, 3.8) is 0 Å². The first-order valence-corrected chi connectivity index (χ1v) is 6.26. The first-order chi connectivity index (χ1) is 9.58. The van der Waals surface area contributed by atoms with Gasteiger partial charge < -0.3 is 10.5 Å². The van der Waals surface area contributed by atoms with E-state index in [9.17, 15) is 10.1 Å². The van der Waals surface area contributed by atoms with E-state index in [1.54, 1.807) is 19.1 Å². The van der Waals surface area contributed by atoms with Gasteiger partial charge in [0.2, 0.25) is 0 Å². The lowest BCUT2D eigenvalue weighted by Crippen LogP contribution is -2.19. The fourth-order valence-electron chi connectivity index (χ4n) is 1.87. The lowest BCUT2D eigenvalue weighted by atomic mass is 10.1. The van der Waals surface area contributed by atoms with Gasteiger partial charge >= 0.3 is 5.69 Å². The van der Waals surface area contributed by atoms with E-state index >= 15 is 0 Å². The number of nitrogens with zero attached hydrogens (tertiary/aromatic N) is 1. The third-order valence-corrected chi connectivity index (χ3v) is 2.96. The van der Waals surface area contributed by atoms with E-state index in [0.29, 0.717) is 0 Å². The fourth-order valence-corrected chi connectivity index (χ4v) is 1.87. The summed E-state index contributed by atoms with van der Waals surface area (Å²) in [5.74, 6) is 0.243. The normalized spacial score (nSPS) is 11.9.